The van der Waals surface area contributed by atoms with Gasteiger partial charge in [0.1, 0.15) is 5.52 Å². The SMILES string of the molecule is CC1CC(N)CN(C(=O)c2cccc3nccnc23)C1. The zero-order valence-corrected chi connectivity index (χ0v) is 11.5. The number of piperidine rings is 1. The molecule has 3 rings (SSSR count). The maximum atomic E-state index is 12.7. The summed E-state index contributed by atoms with van der Waals surface area (Å²) in [4.78, 5) is 23.1. The summed E-state index contributed by atoms with van der Waals surface area (Å²) < 4.78 is 0. The van der Waals surface area contributed by atoms with Crippen LogP contribution in [0.1, 0.15) is 23.7 Å². The number of hydrogen-bond acceptors (Lipinski definition) is 4. The zero-order valence-electron chi connectivity index (χ0n) is 11.5. The quantitative estimate of drug-likeness (QED) is 0.851. The van der Waals surface area contributed by atoms with Gasteiger partial charge in [0.2, 0.25) is 0 Å². The lowest BCUT2D eigenvalue weighted by Crippen LogP contribution is -2.48. The number of amides is 1. The largest absolute Gasteiger partial charge is 0.337 e. The van der Waals surface area contributed by atoms with Gasteiger partial charge >= 0.3 is 0 Å². The summed E-state index contributed by atoms with van der Waals surface area (Å²) in [6, 6.07) is 5.58. The molecule has 0 aliphatic carbocycles. The first-order chi connectivity index (χ1) is 9.65. The summed E-state index contributed by atoms with van der Waals surface area (Å²) in [5.74, 6) is 0.432. The Kier molecular flexibility index (Phi) is 3.36. The van der Waals surface area contributed by atoms with Crippen molar-refractivity contribution >= 4 is 16.9 Å². The van der Waals surface area contributed by atoms with E-state index >= 15 is 0 Å². The number of benzene rings is 1. The van der Waals surface area contributed by atoms with Gasteiger partial charge in [0.25, 0.3) is 5.91 Å². The first kappa shape index (κ1) is 13.0. The minimum atomic E-state index is -0.00176. The molecule has 1 fully saturated rings. The van der Waals surface area contributed by atoms with Gasteiger partial charge in [0.05, 0.1) is 11.1 Å². The molecule has 104 valence electrons. The number of para-hydroxylation sites is 1. The molecule has 20 heavy (non-hydrogen) atoms. The van der Waals surface area contributed by atoms with Crippen molar-refractivity contribution in [3.63, 3.8) is 0 Å². The van der Waals surface area contributed by atoms with Crippen molar-refractivity contribution in [2.45, 2.75) is 19.4 Å². The smallest absolute Gasteiger partial charge is 0.256 e. The first-order valence-corrected chi connectivity index (χ1v) is 6.89. The van der Waals surface area contributed by atoms with E-state index in [0.29, 0.717) is 23.5 Å². The van der Waals surface area contributed by atoms with Gasteiger partial charge in [-0.1, -0.05) is 13.0 Å². The molecule has 1 aromatic carbocycles. The van der Waals surface area contributed by atoms with Crippen molar-refractivity contribution in [3.8, 4) is 0 Å². The van der Waals surface area contributed by atoms with E-state index in [1.54, 1.807) is 12.4 Å². The Labute approximate surface area is 117 Å². The number of likely N-dealkylation sites (tertiary alicyclic amines) is 1. The van der Waals surface area contributed by atoms with E-state index in [1.165, 1.54) is 0 Å². The second kappa shape index (κ2) is 5.17. The van der Waals surface area contributed by atoms with E-state index in [1.807, 2.05) is 23.1 Å². The van der Waals surface area contributed by atoms with Crippen LogP contribution in [-0.4, -0.2) is 39.9 Å². The average Bonchev–Trinajstić information content (AvgIpc) is 2.45. The van der Waals surface area contributed by atoms with E-state index in [2.05, 4.69) is 16.9 Å². The van der Waals surface area contributed by atoms with Crippen LogP contribution in [-0.2, 0) is 0 Å². The average molecular weight is 270 g/mol. The Balaban J connectivity index is 1.96. The highest BCUT2D eigenvalue weighted by Gasteiger charge is 2.27. The number of fused-ring (bicyclic) bond motifs is 1. The minimum Gasteiger partial charge on any atom is -0.337 e. The fraction of sp³-hybridized carbons (Fsp3) is 0.400. The Hall–Kier alpha value is -2.01. The van der Waals surface area contributed by atoms with Crippen LogP contribution in [0.2, 0.25) is 0 Å². The third kappa shape index (κ3) is 2.36. The summed E-state index contributed by atoms with van der Waals surface area (Å²) in [5, 5.41) is 0. The molecule has 1 amide bonds. The predicted molar refractivity (Wildman–Crippen MR) is 77.2 cm³/mol. The third-order valence-corrected chi connectivity index (χ3v) is 3.71. The minimum absolute atomic E-state index is 0.00176. The molecule has 5 heteroatoms. The fourth-order valence-electron chi connectivity index (χ4n) is 2.90. The molecule has 2 unspecified atom stereocenters. The van der Waals surface area contributed by atoms with Crippen LogP contribution < -0.4 is 5.73 Å². The van der Waals surface area contributed by atoms with Gasteiger partial charge in [0, 0.05) is 31.5 Å². The van der Waals surface area contributed by atoms with Crippen molar-refractivity contribution in [2.75, 3.05) is 13.1 Å². The number of hydrogen-bond donors (Lipinski definition) is 1. The summed E-state index contributed by atoms with van der Waals surface area (Å²) in [7, 11) is 0. The number of carbonyl (C=O) groups excluding carboxylic acids is 1. The molecule has 0 saturated carbocycles. The molecule has 1 saturated heterocycles. The lowest BCUT2D eigenvalue weighted by molar-refractivity contribution is 0.0663. The highest BCUT2D eigenvalue weighted by molar-refractivity contribution is 6.04. The molecular formula is C15H18N4O. The summed E-state index contributed by atoms with van der Waals surface area (Å²) >= 11 is 0. The standard InChI is InChI=1S/C15H18N4O/c1-10-7-11(16)9-19(8-10)15(20)12-3-2-4-13-14(12)18-6-5-17-13/h2-6,10-11H,7-9,16H2,1H3. The number of nitrogens with zero attached hydrogens (tertiary/aromatic N) is 3. The van der Waals surface area contributed by atoms with Gasteiger partial charge < -0.3 is 10.6 Å². The van der Waals surface area contributed by atoms with Gasteiger partial charge in [-0.3, -0.25) is 14.8 Å². The van der Waals surface area contributed by atoms with E-state index in [0.717, 1.165) is 18.5 Å². The van der Waals surface area contributed by atoms with Crippen LogP contribution in [0.4, 0.5) is 0 Å². The molecule has 1 aromatic heterocycles. The van der Waals surface area contributed by atoms with Crippen LogP contribution in [0.5, 0.6) is 0 Å². The molecule has 5 nitrogen and oxygen atoms in total. The monoisotopic (exact) mass is 270 g/mol. The summed E-state index contributed by atoms with van der Waals surface area (Å²) in [6.07, 6.45) is 4.22. The topological polar surface area (TPSA) is 72.1 Å². The number of aromatic nitrogens is 2. The zero-order chi connectivity index (χ0) is 14.1. The third-order valence-electron chi connectivity index (χ3n) is 3.71. The molecule has 1 aliphatic heterocycles. The van der Waals surface area contributed by atoms with Gasteiger partial charge in [-0.2, -0.15) is 0 Å². The van der Waals surface area contributed by atoms with Crippen molar-refractivity contribution in [3.05, 3.63) is 36.2 Å². The van der Waals surface area contributed by atoms with Crippen LogP contribution in [0.25, 0.3) is 11.0 Å². The van der Waals surface area contributed by atoms with Crippen molar-refractivity contribution in [2.24, 2.45) is 11.7 Å². The molecule has 0 bridgehead atoms. The second-order valence-electron chi connectivity index (χ2n) is 5.54. The molecule has 2 aromatic rings. The highest BCUT2D eigenvalue weighted by Crippen LogP contribution is 2.20. The number of rotatable bonds is 1. The second-order valence-corrected chi connectivity index (χ2v) is 5.54. The Bertz CT molecular complexity index is 627. The van der Waals surface area contributed by atoms with Gasteiger partial charge in [-0.15, -0.1) is 0 Å². The Morgan fingerprint density at radius 2 is 2.10 bits per heavy atom. The first-order valence-electron chi connectivity index (χ1n) is 6.89. The molecule has 2 atom stereocenters. The highest BCUT2D eigenvalue weighted by atomic mass is 16.2. The Morgan fingerprint density at radius 3 is 2.90 bits per heavy atom. The van der Waals surface area contributed by atoms with Gasteiger partial charge in [0.15, 0.2) is 0 Å². The molecular weight excluding hydrogens is 252 g/mol. The molecule has 0 radical (unpaired) electrons. The molecule has 2 N–H and O–H groups in total. The molecule has 2 heterocycles. The van der Waals surface area contributed by atoms with Crippen LogP contribution in [0.15, 0.2) is 30.6 Å². The summed E-state index contributed by atoms with van der Waals surface area (Å²) in [6.45, 7) is 3.49. The van der Waals surface area contributed by atoms with Gasteiger partial charge in [-0.25, -0.2) is 0 Å². The van der Waals surface area contributed by atoms with E-state index in [4.69, 9.17) is 5.73 Å². The van der Waals surface area contributed by atoms with Crippen LogP contribution >= 0.6 is 0 Å². The summed E-state index contributed by atoms with van der Waals surface area (Å²) in [5.41, 5.74) is 8.03. The maximum Gasteiger partial charge on any atom is 0.256 e. The normalized spacial score (nSPS) is 23.0. The lowest BCUT2D eigenvalue weighted by atomic mass is 9.96. The van der Waals surface area contributed by atoms with Crippen LogP contribution in [0.3, 0.4) is 0 Å². The van der Waals surface area contributed by atoms with Crippen molar-refractivity contribution < 1.29 is 4.79 Å². The van der Waals surface area contributed by atoms with E-state index in [9.17, 15) is 4.79 Å². The maximum absolute atomic E-state index is 12.7. The number of carbonyl (C=O) groups is 1. The number of nitrogens with two attached hydrogens (primary N) is 1. The van der Waals surface area contributed by atoms with E-state index in [-0.39, 0.29) is 11.9 Å². The molecule has 1 aliphatic rings. The lowest BCUT2D eigenvalue weighted by Gasteiger charge is -2.34. The predicted octanol–water partition coefficient (Wildman–Crippen LogP) is 1.44. The van der Waals surface area contributed by atoms with Crippen molar-refractivity contribution in [1.29, 1.82) is 0 Å². The Morgan fingerprint density at radius 1 is 1.30 bits per heavy atom. The van der Waals surface area contributed by atoms with E-state index < -0.39 is 0 Å². The molecule has 0 spiro atoms. The van der Waals surface area contributed by atoms with Crippen molar-refractivity contribution in [1.82, 2.24) is 14.9 Å². The van der Waals surface area contributed by atoms with Crippen LogP contribution in [0, 0.1) is 5.92 Å². The fourth-order valence-corrected chi connectivity index (χ4v) is 2.90. The van der Waals surface area contributed by atoms with Gasteiger partial charge in [-0.05, 0) is 24.5 Å².